The Hall–Kier alpha value is -6.32. The molecule has 1 aromatic heterocycles. The Morgan fingerprint density at radius 2 is 1.20 bits per heavy atom. The predicted molar refractivity (Wildman–Crippen MR) is 215 cm³/mol. The summed E-state index contributed by atoms with van der Waals surface area (Å²) in [6, 6.07) is 62.8. The fourth-order valence-electron chi connectivity index (χ4n) is 9.23. The molecule has 2 aliphatic heterocycles. The fraction of sp³-hybridized carbons (Fsp3) is 0.0417. The molecule has 0 atom stereocenters. The summed E-state index contributed by atoms with van der Waals surface area (Å²) < 4.78 is 0. The molecule has 3 heteroatoms. The van der Waals surface area contributed by atoms with Gasteiger partial charge in [0.15, 0.2) is 7.28 Å². The number of anilines is 3. The molecule has 2 nitrogen and oxygen atoms in total. The van der Waals surface area contributed by atoms with Crippen LogP contribution in [0.1, 0.15) is 27.8 Å². The molecule has 8 aromatic carbocycles. The first-order valence-electron chi connectivity index (χ1n) is 17.8. The number of aromatic nitrogens is 1. The normalized spacial score (nSPS) is 13.9. The van der Waals surface area contributed by atoms with Crippen LogP contribution in [0.2, 0.25) is 0 Å². The number of aryl methyl sites for hydroxylation is 1. The maximum Gasteiger partial charge on any atom is 0.197 e. The molecule has 2 aliphatic rings. The van der Waals surface area contributed by atoms with Crippen molar-refractivity contribution in [1.82, 2.24) is 4.98 Å². The van der Waals surface area contributed by atoms with Gasteiger partial charge in [0.1, 0.15) is 0 Å². The van der Waals surface area contributed by atoms with Crippen LogP contribution in [-0.2, 0) is 5.41 Å². The topological polar surface area (TPSA) is 19.0 Å². The van der Waals surface area contributed by atoms with Crippen LogP contribution in [0.25, 0.3) is 43.7 Å². The highest BCUT2D eigenvalue weighted by Gasteiger charge is 2.48. The summed E-state index contributed by atoms with van der Waals surface area (Å²) in [5, 5.41) is 5.02. The van der Waals surface area contributed by atoms with E-state index in [0.717, 1.165) is 0 Å². The molecule has 0 saturated heterocycles. The van der Waals surface area contributed by atoms with Crippen LogP contribution in [0, 0.1) is 6.92 Å². The number of nitrogens with one attached hydrogen (secondary N) is 1. The molecular formula is C48H32BN2. The van der Waals surface area contributed by atoms with Crippen molar-refractivity contribution in [2.45, 2.75) is 12.3 Å². The number of hydrogen-bond donors (Lipinski definition) is 1. The summed E-state index contributed by atoms with van der Waals surface area (Å²) in [4.78, 5) is 6.41. The minimum atomic E-state index is -0.488. The highest BCUT2D eigenvalue weighted by Crippen LogP contribution is 2.57. The van der Waals surface area contributed by atoms with E-state index >= 15 is 0 Å². The van der Waals surface area contributed by atoms with E-state index < -0.39 is 5.41 Å². The maximum atomic E-state index is 3.86. The van der Waals surface area contributed by atoms with Gasteiger partial charge in [-0.2, -0.15) is 0 Å². The van der Waals surface area contributed by atoms with Crippen LogP contribution >= 0.6 is 0 Å². The van der Waals surface area contributed by atoms with Gasteiger partial charge in [0, 0.05) is 33.2 Å². The second kappa shape index (κ2) is 10.6. The molecular weight excluding hydrogens is 615 g/mol. The summed E-state index contributed by atoms with van der Waals surface area (Å²) in [6.07, 6.45) is 0. The summed E-state index contributed by atoms with van der Waals surface area (Å²) >= 11 is 0. The Morgan fingerprint density at radius 1 is 0.529 bits per heavy atom. The molecule has 1 radical (unpaired) electrons. The van der Waals surface area contributed by atoms with Gasteiger partial charge in [-0.25, -0.2) is 0 Å². The molecule has 237 valence electrons. The second-order valence-corrected chi connectivity index (χ2v) is 14.1. The van der Waals surface area contributed by atoms with Gasteiger partial charge >= 0.3 is 0 Å². The van der Waals surface area contributed by atoms with Crippen molar-refractivity contribution in [3.8, 4) is 11.1 Å². The van der Waals surface area contributed by atoms with Crippen molar-refractivity contribution in [2.75, 3.05) is 4.90 Å². The zero-order chi connectivity index (χ0) is 33.7. The third-order valence-corrected chi connectivity index (χ3v) is 11.3. The van der Waals surface area contributed by atoms with Crippen LogP contribution < -0.4 is 15.8 Å². The van der Waals surface area contributed by atoms with Gasteiger partial charge in [-0.1, -0.05) is 151 Å². The quantitative estimate of drug-likeness (QED) is 0.189. The maximum absolute atomic E-state index is 3.86. The van der Waals surface area contributed by atoms with Crippen molar-refractivity contribution in [3.63, 3.8) is 0 Å². The van der Waals surface area contributed by atoms with Gasteiger partial charge in [0.2, 0.25) is 0 Å². The number of para-hydroxylation sites is 3. The Morgan fingerprint density at radius 3 is 1.98 bits per heavy atom. The van der Waals surface area contributed by atoms with Gasteiger partial charge < -0.3 is 9.88 Å². The monoisotopic (exact) mass is 647 g/mol. The average Bonchev–Trinajstić information content (AvgIpc) is 3.55. The Balaban J connectivity index is 1.20. The van der Waals surface area contributed by atoms with Crippen LogP contribution in [0.15, 0.2) is 170 Å². The molecule has 0 fully saturated rings. The summed E-state index contributed by atoms with van der Waals surface area (Å²) in [5.41, 5.74) is 16.8. The van der Waals surface area contributed by atoms with Crippen LogP contribution in [0.5, 0.6) is 0 Å². The van der Waals surface area contributed by atoms with E-state index in [2.05, 4.69) is 194 Å². The fourth-order valence-corrected chi connectivity index (χ4v) is 9.23. The molecule has 1 N–H and O–H groups in total. The van der Waals surface area contributed by atoms with Crippen molar-refractivity contribution < 1.29 is 0 Å². The largest absolute Gasteiger partial charge is 0.354 e. The number of rotatable bonds is 3. The first-order valence-corrected chi connectivity index (χ1v) is 17.8. The van der Waals surface area contributed by atoms with Gasteiger partial charge in [0.25, 0.3) is 0 Å². The van der Waals surface area contributed by atoms with Gasteiger partial charge in [-0.15, -0.1) is 0 Å². The number of benzene rings is 8. The van der Waals surface area contributed by atoms with E-state index in [9.17, 15) is 0 Å². The van der Waals surface area contributed by atoms with Gasteiger partial charge in [-0.3, -0.25) is 0 Å². The third kappa shape index (κ3) is 3.89. The highest BCUT2D eigenvalue weighted by molar-refractivity contribution is 6.73. The molecule has 0 saturated carbocycles. The molecule has 9 aromatic rings. The minimum Gasteiger partial charge on any atom is -0.354 e. The standard InChI is InChI=1S/C48H32BN2/c1-30-26-38(36-21-12-20-35-37-28-31-14-8-9-15-32(31)29-42(37)50-46(35)36)45-44(27-30)51-43-25-11-10-22-39(43)48(33-16-4-2-5-17-33,34-18-6-3-7-19-34)40-23-13-24-41(49-45)47(40)51/h2-29,50H,1H3. The lowest BCUT2D eigenvalue weighted by Crippen LogP contribution is -2.47. The SMILES string of the molecule is Cc1cc(-c2cccc3c2[nH]c2cc4ccccc4cc23)c2c(c1)N1c3ccccc3C(c3ccccc3)(c3ccccc3)c3cccc(c31)[B]2. The number of H-pyrrole nitrogens is 1. The van der Waals surface area contributed by atoms with Crippen molar-refractivity contribution in [3.05, 3.63) is 198 Å². The molecule has 0 aliphatic carbocycles. The van der Waals surface area contributed by atoms with Gasteiger partial charge in [-0.05, 0) is 80.8 Å². The Labute approximate surface area is 297 Å². The summed E-state index contributed by atoms with van der Waals surface area (Å²) in [5.74, 6) is 0. The zero-order valence-electron chi connectivity index (χ0n) is 28.2. The van der Waals surface area contributed by atoms with E-state index in [1.807, 2.05) is 0 Å². The van der Waals surface area contributed by atoms with E-state index in [0.29, 0.717) is 0 Å². The summed E-state index contributed by atoms with van der Waals surface area (Å²) in [6.45, 7) is 2.23. The average molecular weight is 648 g/mol. The first-order chi connectivity index (χ1) is 25.2. The van der Waals surface area contributed by atoms with Gasteiger partial charge in [0.05, 0.1) is 16.6 Å². The molecule has 3 heterocycles. The van der Waals surface area contributed by atoms with Crippen molar-refractivity contribution in [2.24, 2.45) is 0 Å². The molecule has 0 amide bonds. The third-order valence-electron chi connectivity index (χ3n) is 11.3. The zero-order valence-corrected chi connectivity index (χ0v) is 28.2. The van der Waals surface area contributed by atoms with E-state index in [4.69, 9.17) is 0 Å². The van der Waals surface area contributed by atoms with E-state index in [-0.39, 0.29) is 0 Å². The number of fused-ring (bicyclic) bond motifs is 8. The van der Waals surface area contributed by atoms with Crippen molar-refractivity contribution in [1.29, 1.82) is 0 Å². The summed E-state index contributed by atoms with van der Waals surface area (Å²) in [7, 11) is 2.43. The number of nitrogens with zero attached hydrogens (tertiary/aromatic N) is 1. The van der Waals surface area contributed by atoms with Crippen molar-refractivity contribution >= 4 is 67.8 Å². The minimum absolute atomic E-state index is 0.488. The number of aromatic amines is 1. The Kier molecular flexibility index (Phi) is 5.92. The molecule has 0 bridgehead atoms. The van der Waals surface area contributed by atoms with Crippen LogP contribution in [0.3, 0.4) is 0 Å². The molecule has 0 unspecified atom stereocenters. The Bertz CT molecular complexity index is 2810. The molecule has 51 heavy (non-hydrogen) atoms. The molecule has 0 spiro atoms. The van der Waals surface area contributed by atoms with Crippen LogP contribution in [0.4, 0.5) is 17.1 Å². The molecule has 11 rings (SSSR count). The van der Waals surface area contributed by atoms with E-state index in [1.54, 1.807) is 0 Å². The van der Waals surface area contributed by atoms with Crippen LogP contribution in [-0.4, -0.2) is 12.3 Å². The smallest absolute Gasteiger partial charge is 0.197 e. The lowest BCUT2D eigenvalue weighted by atomic mass is 9.54. The highest BCUT2D eigenvalue weighted by atomic mass is 15.2. The lowest BCUT2D eigenvalue weighted by molar-refractivity contribution is 0.732. The van der Waals surface area contributed by atoms with E-state index in [1.165, 1.54) is 99.5 Å². The second-order valence-electron chi connectivity index (χ2n) is 14.1. The predicted octanol–water partition coefficient (Wildman–Crippen LogP) is 10.6. The lowest BCUT2D eigenvalue weighted by Gasteiger charge is -2.49. The number of hydrogen-bond acceptors (Lipinski definition) is 1. The first kappa shape index (κ1) is 28.5.